The number of amidine groups is 1. The molecule has 2 aliphatic rings. The summed E-state index contributed by atoms with van der Waals surface area (Å²) in [5.41, 5.74) is 1.13. The molecule has 1 aromatic carbocycles. The molecule has 1 aliphatic heterocycles. The maximum Gasteiger partial charge on any atom is 0.161 e. The molecule has 0 atom stereocenters. The second-order valence-electron chi connectivity index (χ2n) is 5.41. The standard InChI is InChI=1S/C15H19BrN2S/c16-12-4-6-13(7-5-12)18-14-17-11-10-15(19-14)8-2-1-3-9-15/h4-7H,1-3,8-11H2,(H,17,18). The number of hydrogen-bond acceptors (Lipinski definition) is 3. The molecule has 0 amide bonds. The lowest BCUT2D eigenvalue weighted by molar-refractivity contribution is 0.381. The molecular formula is C15H19BrN2S. The Hall–Kier alpha value is -0.480. The number of anilines is 1. The zero-order valence-corrected chi connectivity index (χ0v) is 13.4. The molecule has 1 fully saturated rings. The van der Waals surface area contributed by atoms with Gasteiger partial charge in [0.2, 0.25) is 0 Å². The SMILES string of the molecule is Brc1ccc(NC2=NCCC3(CCCCC3)S2)cc1. The van der Waals surface area contributed by atoms with Gasteiger partial charge in [0, 0.05) is 21.5 Å². The third-order valence-corrected chi connectivity index (χ3v) is 5.99. The van der Waals surface area contributed by atoms with E-state index in [0.717, 1.165) is 21.9 Å². The van der Waals surface area contributed by atoms with Gasteiger partial charge in [-0.25, -0.2) is 0 Å². The van der Waals surface area contributed by atoms with E-state index >= 15 is 0 Å². The highest BCUT2D eigenvalue weighted by atomic mass is 79.9. The first-order valence-corrected chi connectivity index (χ1v) is 8.63. The summed E-state index contributed by atoms with van der Waals surface area (Å²) in [6, 6.07) is 8.31. The van der Waals surface area contributed by atoms with Crippen LogP contribution >= 0.6 is 27.7 Å². The normalized spacial score (nSPS) is 22.1. The largest absolute Gasteiger partial charge is 0.335 e. The molecule has 1 saturated carbocycles. The van der Waals surface area contributed by atoms with Crippen molar-refractivity contribution in [1.29, 1.82) is 0 Å². The summed E-state index contributed by atoms with van der Waals surface area (Å²) in [6.07, 6.45) is 8.16. The van der Waals surface area contributed by atoms with E-state index in [-0.39, 0.29) is 0 Å². The number of nitrogens with one attached hydrogen (secondary N) is 1. The first kappa shape index (κ1) is 13.5. The van der Waals surface area contributed by atoms with Gasteiger partial charge in [-0.3, -0.25) is 4.99 Å². The molecule has 0 unspecified atom stereocenters. The van der Waals surface area contributed by atoms with Crippen molar-refractivity contribution in [2.24, 2.45) is 4.99 Å². The number of halogens is 1. The molecule has 1 aromatic rings. The van der Waals surface area contributed by atoms with Crippen LogP contribution < -0.4 is 5.32 Å². The monoisotopic (exact) mass is 338 g/mol. The number of hydrogen-bond donors (Lipinski definition) is 1. The molecule has 4 heteroatoms. The third-order valence-electron chi connectivity index (χ3n) is 4.00. The Bertz CT molecular complexity index is 464. The highest BCUT2D eigenvalue weighted by Crippen LogP contribution is 2.45. The summed E-state index contributed by atoms with van der Waals surface area (Å²) in [5, 5.41) is 4.58. The van der Waals surface area contributed by atoms with Crippen molar-refractivity contribution in [2.45, 2.75) is 43.3 Å². The van der Waals surface area contributed by atoms with E-state index in [1.165, 1.54) is 38.5 Å². The van der Waals surface area contributed by atoms with Crippen LogP contribution in [0.5, 0.6) is 0 Å². The van der Waals surface area contributed by atoms with Gasteiger partial charge in [0.05, 0.1) is 0 Å². The van der Waals surface area contributed by atoms with Crippen molar-refractivity contribution < 1.29 is 0 Å². The van der Waals surface area contributed by atoms with E-state index in [0.29, 0.717) is 4.75 Å². The van der Waals surface area contributed by atoms with Gasteiger partial charge >= 0.3 is 0 Å². The van der Waals surface area contributed by atoms with Crippen molar-refractivity contribution in [3.63, 3.8) is 0 Å². The van der Waals surface area contributed by atoms with E-state index < -0.39 is 0 Å². The molecule has 1 aliphatic carbocycles. The average molecular weight is 339 g/mol. The third kappa shape index (κ3) is 3.34. The van der Waals surface area contributed by atoms with Gasteiger partial charge in [-0.15, -0.1) is 0 Å². The molecule has 1 spiro atoms. The van der Waals surface area contributed by atoms with Gasteiger partial charge in [0.25, 0.3) is 0 Å². The van der Waals surface area contributed by atoms with Crippen molar-refractivity contribution in [3.8, 4) is 0 Å². The van der Waals surface area contributed by atoms with Crippen molar-refractivity contribution in [3.05, 3.63) is 28.7 Å². The van der Waals surface area contributed by atoms with Gasteiger partial charge in [0.15, 0.2) is 5.17 Å². The molecule has 102 valence electrons. The van der Waals surface area contributed by atoms with Gasteiger partial charge in [0.1, 0.15) is 0 Å². The van der Waals surface area contributed by atoms with Gasteiger partial charge < -0.3 is 5.32 Å². The molecule has 19 heavy (non-hydrogen) atoms. The van der Waals surface area contributed by atoms with Crippen LogP contribution in [0.1, 0.15) is 38.5 Å². The minimum absolute atomic E-state index is 0.470. The first-order chi connectivity index (χ1) is 9.26. The van der Waals surface area contributed by atoms with Crippen LogP contribution in [0.4, 0.5) is 5.69 Å². The molecular weight excluding hydrogens is 320 g/mol. The second-order valence-corrected chi connectivity index (χ2v) is 7.79. The highest BCUT2D eigenvalue weighted by molar-refractivity contribution is 9.10. The van der Waals surface area contributed by atoms with Gasteiger partial charge in [-0.05, 0) is 43.5 Å². The number of benzene rings is 1. The molecule has 0 radical (unpaired) electrons. The molecule has 0 bridgehead atoms. The number of thioether (sulfide) groups is 1. The fourth-order valence-electron chi connectivity index (χ4n) is 2.92. The fraction of sp³-hybridized carbons (Fsp3) is 0.533. The predicted octanol–water partition coefficient (Wildman–Crippen LogP) is 5.06. The number of nitrogens with zero attached hydrogens (tertiary/aromatic N) is 1. The molecule has 0 aromatic heterocycles. The van der Waals surface area contributed by atoms with Gasteiger partial charge in [-0.2, -0.15) is 0 Å². The summed E-state index contributed by atoms with van der Waals surface area (Å²) >= 11 is 5.45. The van der Waals surface area contributed by atoms with E-state index in [1.54, 1.807) is 0 Å². The number of aliphatic imine (C=N–C) groups is 1. The maximum absolute atomic E-state index is 4.65. The Morgan fingerprint density at radius 3 is 2.53 bits per heavy atom. The molecule has 0 saturated heterocycles. The van der Waals surface area contributed by atoms with E-state index in [9.17, 15) is 0 Å². The quantitative estimate of drug-likeness (QED) is 0.774. The lowest BCUT2D eigenvalue weighted by Gasteiger charge is -2.39. The summed E-state index contributed by atoms with van der Waals surface area (Å²) < 4.78 is 1.58. The van der Waals surface area contributed by atoms with Crippen LogP contribution in [0.2, 0.25) is 0 Å². The van der Waals surface area contributed by atoms with Crippen molar-refractivity contribution in [2.75, 3.05) is 11.9 Å². The number of rotatable bonds is 1. The van der Waals surface area contributed by atoms with Crippen molar-refractivity contribution >= 4 is 38.5 Å². The second kappa shape index (κ2) is 5.88. The molecule has 3 rings (SSSR count). The Morgan fingerprint density at radius 1 is 1.05 bits per heavy atom. The van der Waals surface area contributed by atoms with E-state index in [1.807, 2.05) is 11.8 Å². The smallest absolute Gasteiger partial charge is 0.161 e. The Balaban J connectivity index is 1.68. The lowest BCUT2D eigenvalue weighted by atomic mass is 9.86. The van der Waals surface area contributed by atoms with Crippen LogP contribution in [0.25, 0.3) is 0 Å². The van der Waals surface area contributed by atoms with E-state index in [2.05, 4.69) is 50.5 Å². The lowest BCUT2D eigenvalue weighted by Crippen LogP contribution is -2.35. The van der Waals surface area contributed by atoms with Crippen LogP contribution in [0.15, 0.2) is 33.7 Å². The minimum atomic E-state index is 0.470. The van der Waals surface area contributed by atoms with Crippen LogP contribution in [0.3, 0.4) is 0 Å². The van der Waals surface area contributed by atoms with Gasteiger partial charge in [-0.1, -0.05) is 47.0 Å². The Kier molecular flexibility index (Phi) is 4.18. The van der Waals surface area contributed by atoms with Crippen LogP contribution in [-0.2, 0) is 0 Å². The average Bonchev–Trinajstić information content (AvgIpc) is 2.42. The fourth-order valence-corrected chi connectivity index (χ4v) is 4.60. The van der Waals surface area contributed by atoms with Crippen molar-refractivity contribution in [1.82, 2.24) is 0 Å². The summed E-state index contributed by atoms with van der Waals surface area (Å²) in [4.78, 5) is 4.65. The molecule has 1 N–H and O–H groups in total. The highest BCUT2D eigenvalue weighted by Gasteiger charge is 2.36. The topological polar surface area (TPSA) is 24.4 Å². The van der Waals surface area contributed by atoms with Crippen LogP contribution in [-0.4, -0.2) is 16.5 Å². The zero-order valence-electron chi connectivity index (χ0n) is 11.0. The zero-order chi connectivity index (χ0) is 13.1. The van der Waals surface area contributed by atoms with E-state index in [4.69, 9.17) is 0 Å². The Labute approximate surface area is 127 Å². The summed E-state index contributed by atoms with van der Waals surface area (Å²) in [6.45, 7) is 0.978. The first-order valence-electron chi connectivity index (χ1n) is 7.02. The predicted molar refractivity (Wildman–Crippen MR) is 88.1 cm³/mol. The van der Waals surface area contributed by atoms with Crippen LogP contribution in [0, 0.1) is 0 Å². The molecule has 2 nitrogen and oxygen atoms in total. The summed E-state index contributed by atoms with van der Waals surface area (Å²) in [7, 11) is 0. The maximum atomic E-state index is 4.65. The molecule has 1 heterocycles. The Morgan fingerprint density at radius 2 is 1.79 bits per heavy atom. The summed E-state index contributed by atoms with van der Waals surface area (Å²) in [5.74, 6) is 0. The minimum Gasteiger partial charge on any atom is -0.335 e.